The van der Waals surface area contributed by atoms with Gasteiger partial charge in [0.2, 0.25) is 11.8 Å². The first-order valence-corrected chi connectivity index (χ1v) is 11.8. The van der Waals surface area contributed by atoms with Crippen molar-refractivity contribution in [1.29, 1.82) is 0 Å². The summed E-state index contributed by atoms with van der Waals surface area (Å²) in [4.78, 5) is 41.6. The molecule has 2 heterocycles. The zero-order valence-corrected chi connectivity index (χ0v) is 18.9. The molecule has 2 amide bonds. The van der Waals surface area contributed by atoms with E-state index < -0.39 is 47.0 Å². The van der Waals surface area contributed by atoms with Gasteiger partial charge >= 0.3 is 5.97 Å². The highest BCUT2D eigenvalue weighted by Crippen LogP contribution is 2.51. The van der Waals surface area contributed by atoms with Crippen molar-refractivity contribution in [2.24, 2.45) is 11.8 Å². The summed E-state index contributed by atoms with van der Waals surface area (Å²) in [7, 11) is 1.29. The molecule has 0 spiro atoms. The predicted molar refractivity (Wildman–Crippen MR) is 121 cm³/mol. The molecule has 0 bridgehead atoms. The molecule has 0 unspecified atom stereocenters. The number of nitrogens with one attached hydrogen (secondary N) is 1. The number of ether oxygens (including phenoxy) is 1. The van der Waals surface area contributed by atoms with Crippen LogP contribution in [0.2, 0.25) is 0 Å². The summed E-state index contributed by atoms with van der Waals surface area (Å²) in [6.07, 6.45) is 2.25. The van der Waals surface area contributed by atoms with Crippen molar-refractivity contribution in [3.05, 3.63) is 65.5 Å². The normalized spacial score (nSPS) is 27.0. The number of carbonyl (C=O) groups is 3. The first-order valence-electron chi connectivity index (χ1n) is 10.4. The third-order valence-electron chi connectivity index (χ3n) is 6.51. The van der Waals surface area contributed by atoms with Gasteiger partial charge in [0, 0.05) is 6.04 Å². The van der Waals surface area contributed by atoms with Gasteiger partial charge in [0.05, 0.1) is 24.6 Å². The number of benzene rings is 2. The van der Waals surface area contributed by atoms with E-state index in [0.717, 1.165) is 16.0 Å². The Bertz CT molecular complexity index is 1060. The number of carbonyl (C=O) groups excluding carboxylic acids is 3. The quantitative estimate of drug-likeness (QED) is 0.531. The highest BCUT2D eigenvalue weighted by atomic mass is 32.2. The maximum absolute atomic E-state index is 13.7. The molecule has 4 rings (SSSR count). The van der Waals surface area contributed by atoms with Crippen molar-refractivity contribution in [3.63, 3.8) is 0 Å². The molecule has 2 aliphatic heterocycles. The lowest BCUT2D eigenvalue weighted by molar-refractivity contribution is -0.152. The van der Waals surface area contributed by atoms with Crippen LogP contribution in [-0.2, 0) is 19.1 Å². The molecule has 2 fully saturated rings. The van der Waals surface area contributed by atoms with Crippen LogP contribution in [0.5, 0.6) is 0 Å². The van der Waals surface area contributed by atoms with E-state index in [1.165, 1.54) is 31.4 Å². The van der Waals surface area contributed by atoms with Crippen LogP contribution >= 0.6 is 11.8 Å². The number of nitrogens with zero attached hydrogens (tertiary/aromatic N) is 1. The first-order chi connectivity index (χ1) is 15.4. The van der Waals surface area contributed by atoms with Crippen LogP contribution < -0.4 is 10.2 Å². The van der Waals surface area contributed by atoms with Crippen LogP contribution in [0.15, 0.2) is 48.5 Å². The number of fused-ring (bicyclic) bond motifs is 1. The Kier molecular flexibility index (Phi) is 6.09. The lowest BCUT2D eigenvalue weighted by Crippen LogP contribution is -2.56. The third kappa shape index (κ3) is 3.42. The Labute approximate surface area is 190 Å². The summed E-state index contributed by atoms with van der Waals surface area (Å²) in [5.74, 6) is -3.00. The predicted octanol–water partition coefficient (Wildman–Crippen LogP) is 3.25. The number of halogens is 1. The zero-order chi connectivity index (χ0) is 23.0. The van der Waals surface area contributed by atoms with E-state index in [9.17, 15) is 18.8 Å². The monoisotopic (exact) mass is 456 g/mol. The van der Waals surface area contributed by atoms with Crippen LogP contribution in [0.3, 0.4) is 0 Å². The standard InChI is InChI=1S/C24H25FN2O4S/c1-14-6-4-5-7-17(14)20-18-19(24(26-20,12-13-32-3)23(30)31-2)22(29)27(21(18)28)16-10-8-15(25)9-11-16/h4-11,18-20,26H,12-13H2,1-3H3/t18-,19+,20-,24-/m1/s1. The van der Waals surface area contributed by atoms with E-state index in [-0.39, 0.29) is 0 Å². The summed E-state index contributed by atoms with van der Waals surface area (Å²) in [6.45, 7) is 1.94. The van der Waals surface area contributed by atoms with Crippen LogP contribution in [-0.4, -0.2) is 42.4 Å². The van der Waals surface area contributed by atoms with E-state index >= 15 is 0 Å². The van der Waals surface area contributed by atoms with Crippen molar-refractivity contribution in [2.45, 2.75) is 24.9 Å². The highest BCUT2D eigenvalue weighted by molar-refractivity contribution is 7.98. The summed E-state index contributed by atoms with van der Waals surface area (Å²) >= 11 is 1.55. The lowest BCUT2D eigenvalue weighted by atomic mass is 9.77. The topological polar surface area (TPSA) is 75.7 Å². The Balaban J connectivity index is 1.87. The molecule has 2 saturated heterocycles. The van der Waals surface area contributed by atoms with Crippen LogP contribution in [0.25, 0.3) is 0 Å². The molecule has 8 heteroatoms. The minimum atomic E-state index is -1.34. The summed E-state index contributed by atoms with van der Waals surface area (Å²) in [5, 5.41) is 3.37. The van der Waals surface area contributed by atoms with Gasteiger partial charge in [0.25, 0.3) is 0 Å². The number of thioether (sulfide) groups is 1. The molecule has 32 heavy (non-hydrogen) atoms. The number of anilines is 1. The van der Waals surface area contributed by atoms with Crippen molar-refractivity contribution < 1.29 is 23.5 Å². The highest BCUT2D eigenvalue weighted by Gasteiger charge is 2.68. The zero-order valence-electron chi connectivity index (χ0n) is 18.1. The second kappa shape index (κ2) is 8.67. The second-order valence-corrected chi connectivity index (χ2v) is 9.16. The van der Waals surface area contributed by atoms with Gasteiger partial charge in [-0.3, -0.25) is 19.7 Å². The fraction of sp³-hybridized carbons (Fsp3) is 0.375. The molecule has 0 aromatic heterocycles. The van der Waals surface area contributed by atoms with Crippen molar-refractivity contribution >= 4 is 35.2 Å². The van der Waals surface area contributed by atoms with Gasteiger partial charge in [0.1, 0.15) is 11.4 Å². The van der Waals surface area contributed by atoms with E-state index in [0.29, 0.717) is 17.9 Å². The Morgan fingerprint density at radius 3 is 2.47 bits per heavy atom. The fourth-order valence-electron chi connectivity index (χ4n) is 5.01. The molecule has 0 radical (unpaired) electrons. The fourth-order valence-corrected chi connectivity index (χ4v) is 5.54. The molecule has 6 nitrogen and oxygen atoms in total. The summed E-state index contributed by atoms with van der Waals surface area (Å²) < 4.78 is 18.6. The van der Waals surface area contributed by atoms with Gasteiger partial charge in [-0.15, -0.1) is 0 Å². The third-order valence-corrected chi connectivity index (χ3v) is 7.13. The number of imide groups is 1. The Morgan fingerprint density at radius 2 is 1.84 bits per heavy atom. The molecule has 2 aromatic rings. The molecular weight excluding hydrogens is 431 g/mol. The van der Waals surface area contributed by atoms with Gasteiger partial charge in [-0.25, -0.2) is 9.29 Å². The van der Waals surface area contributed by atoms with Crippen molar-refractivity contribution in [3.8, 4) is 0 Å². The maximum Gasteiger partial charge on any atom is 0.326 e. The van der Waals surface area contributed by atoms with Gasteiger partial charge in [0.15, 0.2) is 0 Å². The van der Waals surface area contributed by atoms with Gasteiger partial charge in [-0.1, -0.05) is 24.3 Å². The molecular formula is C24H25FN2O4S. The molecule has 168 valence electrons. The van der Waals surface area contributed by atoms with Crippen LogP contribution in [0.1, 0.15) is 23.6 Å². The van der Waals surface area contributed by atoms with E-state index in [4.69, 9.17) is 4.74 Å². The number of esters is 1. The number of rotatable bonds is 6. The number of aryl methyl sites for hydroxylation is 1. The van der Waals surface area contributed by atoms with Crippen LogP contribution in [0, 0.1) is 24.6 Å². The van der Waals surface area contributed by atoms with Gasteiger partial charge in [-0.05, 0) is 60.7 Å². The average molecular weight is 457 g/mol. The summed E-state index contributed by atoms with van der Waals surface area (Å²) in [5.41, 5.74) is 0.772. The molecule has 0 aliphatic carbocycles. The lowest BCUT2D eigenvalue weighted by Gasteiger charge is -2.32. The smallest absolute Gasteiger partial charge is 0.326 e. The largest absolute Gasteiger partial charge is 0.468 e. The molecule has 2 aromatic carbocycles. The Hall–Kier alpha value is -2.71. The molecule has 1 N–H and O–H groups in total. The molecule has 0 saturated carbocycles. The molecule has 2 aliphatic rings. The van der Waals surface area contributed by atoms with Crippen molar-refractivity contribution in [1.82, 2.24) is 5.32 Å². The van der Waals surface area contributed by atoms with E-state index in [1.54, 1.807) is 11.8 Å². The minimum Gasteiger partial charge on any atom is -0.468 e. The second-order valence-electron chi connectivity index (χ2n) is 8.18. The first kappa shape index (κ1) is 22.5. The van der Waals surface area contributed by atoms with E-state index in [2.05, 4.69) is 5.32 Å². The number of methoxy groups -OCH3 is 1. The van der Waals surface area contributed by atoms with Gasteiger partial charge < -0.3 is 4.74 Å². The van der Waals surface area contributed by atoms with Crippen molar-refractivity contribution in [2.75, 3.05) is 24.0 Å². The SMILES string of the molecule is COC(=O)[C@]1(CCSC)N[C@H](c2ccccc2C)[C@@H]2C(=O)N(c3ccc(F)cc3)C(=O)[C@H]21. The number of amides is 2. The molecule has 4 atom stereocenters. The number of hydrogen-bond acceptors (Lipinski definition) is 6. The van der Waals surface area contributed by atoms with Gasteiger partial charge in [-0.2, -0.15) is 11.8 Å². The van der Waals surface area contributed by atoms with E-state index in [1.807, 2.05) is 37.4 Å². The van der Waals surface area contributed by atoms with Crippen LogP contribution in [0.4, 0.5) is 10.1 Å². The maximum atomic E-state index is 13.7. The summed E-state index contributed by atoms with van der Waals surface area (Å²) in [6, 6.07) is 12.3. The Morgan fingerprint density at radius 1 is 1.16 bits per heavy atom. The average Bonchev–Trinajstić information content (AvgIpc) is 3.27. The number of hydrogen-bond donors (Lipinski definition) is 1. The minimum absolute atomic E-state index is 0.294.